The van der Waals surface area contributed by atoms with Gasteiger partial charge in [0.1, 0.15) is 5.82 Å². The van der Waals surface area contributed by atoms with E-state index in [2.05, 4.69) is 10.2 Å². The summed E-state index contributed by atoms with van der Waals surface area (Å²) >= 11 is 0. The maximum Gasteiger partial charge on any atom is 0.123 e. The third-order valence-corrected chi connectivity index (χ3v) is 4.60. The van der Waals surface area contributed by atoms with E-state index in [1.54, 1.807) is 12.1 Å². The second-order valence-corrected chi connectivity index (χ2v) is 6.77. The van der Waals surface area contributed by atoms with Crippen LogP contribution in [0.25, 0.3) is 0 Å². The number of benzene rings is 1. The van der Waals surface area contributed by atoms with Crippen molar-refractivity contribution in [2.45, 2.75) is 57.2 Å². The van der Waals surface area contributed by atoms with Crippen molar-refractivity contribution in [3.63, 3.8) is 0 Å². The van der Waals surface area contributed by atoms with Crippen LogP contribution in [0.5, 0.6) is 0 Å². The lowest BCUT2D eigenvalue weighted by atomic mass is 9.98. The number of nitrogens with zero attached hydrogens (tertiary/aromatic N) is 1. The monoisotopic (exact) mass is 292 g/mol. The van der Waals surface area contributed by atoms with Gasteiger partial charge in [-0.3, -0.25) is 0 Å². The van der Waals surface area contributed by atoms with Gasteiger partial charge in [-0.25, -0.2) is 4.39 Å². The molecule has 1 saturated heterocycles. The number of rotatable bonds is 4. The molecule has 3 rings (SSSR count). The first-order valence-corrected chi connectivity index (χ1v) is 8.03. The fraction of sp³-hybridized carbons (Fsp3) is 0.647. The average Bonchev–Trinajstić information content (AvgIpc) is 3.25. The molecular formula is C17H25FN2O. The highest BCUT2D eigenvalue weighted by Gasteiger charge is 2.26. The first kappa shape index (κ1) is 14.8. The Kier molecular flexibility index (Phi) is 4.18. The molecular weight excluding hydrogens is 267 g/mol. The molecule has 1 aliphatic carbocycles. The van der Waals surface area contributed by atoms with Gasteiger partial charge in [0.2, 0.25) is 0 Å². The lowest BCUT2D eigenvalue weighted by molar-refractivity contribution is 0.0481. The van der Waals surface area contributed by atoms with E-state index in [4.69, 9.17) is 0 Å². The van der Waals surface area contributed by atoms with E-state index >= 15 is 0 Å². The molecule has 1 aliphatic heterocycles. The molecule has 4 heteroatoms. The molecule has 0 spiro atoms. The standard InChI is InChI=1S/C17H25FN2O/c1-17(21)7-2-9-20(10-8-17)16-6-3-14(18)11-13(16)12-19-15-4-5-15/h3,6,11,15,19,21H,2,4-5,7-10,12H2,1H3. The Bertz CT molecular complexity index is 500. The molecule has 21 heavy (non-hydrogen) atoms. The van der Waals surface area contributed by atoms with E-state index < -0.39 is 5.60 Å². The minimum Gasteiger partial charge on any atom is -0.390 e. The summed E-state index contributed by atoms with van der Waals surface area (Å²) in [5.74, 6) is -0.173. The van der Waals surface area contributed by atoms with Gasteiger partial charge in [0.25, 0.3) is 0 Å². The SMILES string of the molecule is CC1(O)CCCN(c2ccc(F)cc2CNC2CC2)CC1. The molecule has 2 N–H and O–H groups in total. The molecule has 0 radical (unpaired) electrons. The lowest BCUT2D eigenvalue weighted by Gasteiger charge is -2.26. The van der Waals surface area contributed by atoms with Gasteiger partial charge in [-0.1, -0.05) is 0 Å². The second-order valence-electron chi connectivity index (χ2n) is 6.77. The van der Waals surface area contributed by atoms with Crippen LogP contribution in [0.3, 0.4) is 0 Å². The first-order valence-electron chi connectivity index (χ1n) is 8.03. The highest BCUT2D eigenvalue weighted by molar-refractivity contribution is 5.54. The highest BCUT2D eigenvalue weighted by Crippen LogP contribution is 2.29. The van der Waals surface area contributed by atoms with Crippen LogP contribution in [0.2, 0.25) is 0 Å². The summed E-state index contributed by atoms with van der Waals surface area (Å²) in [5, 5.41) is 13.7. The van der Waals surface area contributed by atoms with Gasteiger partial charge in [-0.15, -0.1) is 0 Å². The predicted molar refractivity (Wildman–Crippen MR) is 82.9 cm³/mol. The maximum atomic E-state index is 13.6. The Hall–Kier alpha value is -1.13. The van der Waals surface area contributed by atoms with E-state index in [1.165, 1.54) is 12.8 Å². The van der Waals surface area contributed by atoms with Crippen molar-refractivity contribution in [2.75, 3.05) is 18.0 Å². The van der Waals surface area contributed by atoms with Crippen LogP contribution >= 0.6 is 0 Å². The average molecular weight is 292 g/mol. The van der Waals surface area contributed by atoms with Crippen molar-refractivity contribution in [1.29, 1.82) is 0 Å². The van der Waals surface area contributed by atoms with Gasteiger partial charge in [0.15, 0.2) is 0 Å². The zero-order valence-electron chi connectivity index (χ0n) is 12.7. The van der Waals surface area contributed by atoms with Crippen molar-refractivity contribution in [1.82, 2.24) is 5.32 Å². The third kappa shape index (κ3) is 3.95. The minimum absolute atomic E-state index is 0.173. The van der Waals surface area contributed by atoms with Crippen LogP contribution < -0.4 is 10.2 Å². The smallest absolute Gasteiger partial charge is 0.123 e. The molecule has 1 atom stereocenters. The van der Waals surface area contributed by atoms with Crippen molar-refractivity contribution < 1.29 is 9.50 Å². The van der Waals surface area contributed by atoms with Crippen LogP contribution in [0, 0.1) is 5.82 Å². The van der Waals surface area contributed by atoms with Gasteiger partial charge in [0.05, 0.1) is 5.60 Å². The molecule has 1 unspecified atom stereocenters. The molecule has 1 aromatic rings. The largest absolute Gasteiger partial charge is 0.390 e. The molecule has 116 valence electrons. The Labute approximate surface area is 126 Å². The molecule has 1 heterocycles. The summed E-state index contributed by atoms with van der Waals surface area (Å²) in [5.41, 5.74) is 1.58. The molecule has 3 nitrogen and oxygen atoms in total. The van der Waals surface area contributed by atoms with Gasteiger partial charge < -0.3 is 15.3 Å². The molecule has 0 bridgehead atoms. The predicted octanol–water partition coefficient (Wildman–Crippen LogP) is 2.82. The Balaban J connectivity index is 1.76. The van der Waals surface area contributed by atoms with Crippen LogP contribution in [0.15, 0.2) is 18.2 Å². The Morgan fingerprint density at radius 2 is 2.14 bits per heavy atom. The minimum atomic E-state index is -0.568. The summed E-state index contributed by atoms with van der Waals surface area (Å²) in [4.78, 5) is 2.30. The van der Waals surface area contributed by atoms with E-state index in [0.29, 0.717) is 6.04 Å². The van der Waals surface area contributed by atoms with E-state index in [1.807, 2.05) is 13.0 Å². The van der Waals surface area contributed by atoms with E-state index in [0.717, 1.165) is 50.1 Å². The van der Waals surface area contributed by atoms with E-state index in [-0.39, 0.29) is 5.82 Å². The number of halogens is 1. The van der Waals surface area contributed by atoms with Crippen LogP contribution in [0.4, 0.5) is 10.1 Å². The molecule has 0 aromatic heterocycles. The summed E-state index contributed by atoms with van der Waals surface area (Å²) in [6, 6.07) is 5.69. The van der Waals surface area contributed by atoms with Crippen LogP contribution in [-0.4, -0.2) is 29.8 Å². The summed E-state index contributed by atoms with van der Waals surface area (Å²) in [6.07, 6.45) is 5.04. The van der Waals surface area contributed by atoms with E-state index in [9.17, 15) is 9.50 Å². The van der Waals surface area contributed by atoms with Crippen LogP contribution in [0.1, 0.15) is 44.6 Å². The van der Waals surface area contributed by atoms with Crippen molar-refractivity contribution >= 4 is 5.69 Å². The summed E-state index contributed by atoms with van der Waals surface area (Å²) < 4.78 is 13.6. The summed E-state index contributed by atoms with van der Waals surface area (Å²) in [6.45, 7) is 4.40. The van der Waals surface area contributed by atoms with Gasteiger partial charge >= 0.3 is 0 Å². The van der Waals surface area contributed by atoms with Gasteiger partial charge in [0, 0.05) is 31.4 Å². The zero-order chi connectivity index (χ0) is 14.9. The first-order chi connectivity index (χ1) is 10.0. The normalized spacial score (nSPS) is 26.7. The fourth-order valence-electron chi connectivity index (χ4n) is 3.05. The molecule has 2 aliphatic rings. The molecule has 1 aromatic carbocycles. The zero-order valence-corrected chi connectivity index (χ0v) is 12.7. The van der Waals surface area contributed by atoms with Crippen molar-refractivity contribution in [3.05, 3.63) is 29.6 Å². The number of hydrogen-bond acceptors (Lipinski definition) is 3. The number of hydrogen-bond donors (Lipinski definition) is 2. The summed E-state index contributed by atoms with van der Waals surface area (Å²) in [7, 11) is 0. The Morgan fingerprint density at radius 1 is 1.33 bits per heavy atom. The maximum absolute atomic E-state index is 13.6. The van der Waals surface area contributed by atoms with Crippen molar-refractivity contribution in [2.24, 2.45) is 0 Å². The molecule has 2 fully saturated rings. The van der Waals surface area contributed by atoms with Gasteiger partial charge in [-0.2, -0.15) is 0 Å². The van der Waals surface area contributed by atoms with Crippen molar-refractivity contribution in [3.8, 4) is 0 Å². The molecule has 0 amide bonds. The second kappa shape index (κ2) is 5.93. The molecule has 1 saturated carbocycles. The number of nitrogens with one attached hydrogen (secondary N) is 1. The fourth-order valence-corrected chi connectivity index (χ4v) is 3.05. The van der Waals surface area contributed by atoms with Gasteiger partial charge in [-0.05, 0) is 62.8 Å². The highest BCUT2D eigenvalue weighted by atomic mass is 19.1. The topological polar surface area (TPSA) is 35.5 Å². The third-order valence-electron chi connectivity index (χ3n) is 4.60. The Morgan fingerprint density at radius 3 is 2.90 bits per heavy atom. The lowest BCUT2D eigenvalue weighted by Crippen LogP contribution is -2.29. The number of aliphatic hydroxyl groups is 1. The van der Waals surface area contributed by atoms with Crippen LogP contribution in [-0.2, 0) is 6.54 Å². The number of anilines is 1. The quantitative estimate of drug-likeness (QED) is 0.896.